The molecule has 2 aromatic rings. The Morgan fingerprint density at radius 2 is 2.10 bits per heavy atom. The van der Waals surface area contributed by atoms with E-state index in [1.165, 1.54) is 0 Å². The van der Waals surface area contributed by atoms with Gasteiger partial charge in [-0.05, 0) is 43.0 Å². The van der Waals surface area contributed by atoms with Crippen molar-refractivity contribution in [3.63, 3.8) is 0 Å². The maximum absolute atomic E-state index is 13.3. The Balaban J connectivity index is 1.35. The smallest absolute Gasteiger partial charge is 0.251 e. The molecule has 3 atom stereocenters. The second-order valence-electron chi connectivity index (χ2n) is 8.20. The number of nitrogens with zero attached hydrogens (tertiary/aromatic N) is 2. The van der Waals surface area contributed by atoms with E-state index in [9.17, 15) is 14.4 Å². The second-order valence-corrected chi connectivity index (χ2v) is 8.20. The Bertz CT molecular complexity index is 987. The molecule has 3 heterocycles. The van der Waals surface area contributed by atoms with Crippen LogP contribution in [-0.2, 0) is 14.3 Å². The molecule has 5 rings (SSSR count). The van der Waals surface area contributed by atoms with Gasteiger partial charge < -0.3 is 15.0 Å². The zero-order valence-electron chi connectivity index (χ0n) is 16.0. The van der Waals surface area contributed by atoms with Crippen LogP contribution in [0.3, 0.4) is 0 Å². The molecular formula is C22H23N3O4. The molecule has 1 aliphatic carbocycles. The number of benzene rings is 1. The standard InChI is InChI=1S/C22H23N3O4/c26-18-12-29-19-7-9-25(20(18)19)22(28)17(10-13-3-4-13)24-21(27)15-5-6-16-14(11-15)2-1-8-23-16/h1-2,5-6,8,11,13,17,19-20H,3-4,7,9-10,12H2,(H,24,27). The number of hydrogen-bond acceptors (Lipinski definition) is 5. The maximum Gasteiger partial charge on any atom is 0.251 e. The van der Waals surface area contributed by atoms with Crippen molar-refractivity contribution in [2.24, 2.45) is 5.92 Å². The molecule has 150 valence electrons. The molecule has 29 heavy (non-hydrogen) atoms. The monoisotopic (exact) mass is 393 g/mol. The van der Waals surface area contributed by atoms with Gasteiger partial charge in [-0.3, -0.25) is 19.4 Å². The van der Waals surface area contributed by atoms with Gasteiger partial charge in [0.15, 0.2) is 5.78 Å². The zero-order chi connectivity index (χ0) is 20.0. The fraction of sp³-hybridized carbons (Fsp3) is 0.455. The summed E-state index contributed by atoms with van der Waals surface area (Å²) in [5.41, 5.74) is 1.32. The summed E-state index contributed by atoms with van der Waals surface area (Å²) < 4.78 is 5.50. The third kappa shape index (κ3) is 3.51. The molecule has 0 spiro atoms. The summed E-state index contributed by atoms with van der Waals surface area (Å²) in [6.45, 7) is 0.572. The fourth-order valence-electron chi connectivity index (χ4n) is 4.41. The normalized spacial score (nSPS) is 24.6. The summed E-state index contributed by atoms with van der Waals surface area (Å²) in [5, 5.41) is 3.81. The molecule has 3 fully saturated rings. The number of ether oxygens (including phenoxy) is 1. The van der Waals surface area contributed by atoms with Gasteiger partial charge in [-0.2, -0.15) is 0 Å². The van der Waals surface area contributed by atoms with E-state index >= 15 is 0 Å². The number of amides is 2. The van der Waals surface area contributed by atoms with Crippen molar-refractivity contribution < 1.29 is 19.1 Å². The first-order valence-electron chi connectivity index (χ1n) is 10.2. The summed E-state index contributed by atoms with van der Waals surface area (Å²) in [7, 11) is 0. The number of carbonyl (C=O) groups is 3. The summed E-state index contributed by atoms with van der Waals surface area (Å²) in [6, 6.07) is 7.94. The Hall–Kier alpha value is -2.80. The van der Waals surface area contributed by atoms with E-state index in [4.69, 9.17) is 4.74 Å². The first-order chi connectivity index (χ1) is 14.1. The van der Waals surface area contributed by atoms with Crippen molar-refractivity contribution in [1.82, 2.24) is 15.2 Å². The van der Waals surface area contributed by atoms with E-state index in [1.807, 2.05) is 18.2 Å². The highest BCUT2D eigenvalue weighted by Gasteiger charge is 2.48. The molecule has 3 unspecified atom stereocenters. The predicted molar refractivity (Wildman–Crippen MR) is 105 cm³/mol. The van der Waals surface area contributed by atoms with Crippen LogP contribution in [0.5, 0.6) is 0 Å². The highest BCUT2D eigenvalue weighted by Crippen LogP contribution is 2.35. The van der Waals surface area contributed by atoms with E-state index in [0.717, 1.165) is 23.7 Å². The van der Waals surface area contributed by atoms with E-state index in [1.54, 1.807) is 23.2 Å². The molecule has 1 aromatic heterocycles. The summed E-state index contributed by atoms with van der Waals surface area (Å²) >= 11 is 0. The van der Waals surface area contributed by atoms with Gasteiger partial charge in [0.1, 0.15) is 18.7 Å². The molecule has 1 aromatic carbocycles. The van der Waals surface area contributed by atoms with Crippen LogP contribution < -0.4 is 5.32 Å². The molecule has 7 nitrogen and oxygen atoms in total. The number of rotatable bonds is 5. The van der Waals surface area contributed by atoms with E-state index in [2.05, 4.69) is 10.3 Å². The molecule has 2 amide bonds. The largest absolute Gasteiger partial charge is 0.368 e. The molecular weight excluding hydrogens is 370 g/mol. The van der Waals surface area contributed by atoms with Crippen LogP contribution >= 0.6 is 0 Å². The third-order valence-corrected chi connectivity index (χ3v) is 6.13. The van der Waals surface area contributed by atoms with E-state index < -0.39 is 12.1 Å². The minimum Gasteiger partial charge on any atom is -0.368 e. The molecule has 0 radical (unpaired) electrons. The Morgan fingerprint density at radius 1 is 1.24 bits per heavy atom. The molecule has 1 saturated carbocycles. The number of aromatic nitrogens is 1. The number of Topliss-reactive ketones (excluding diaryl/α,β-unsaturated/α-hetero) is 1. The van der Waals surface area contributed by atoms with E-state index in [-0.39, 0.29) is 30.3 Å². The number of carbonyl (C=O) groups excluding carboxylic acids is 3. The van der Waals surface area contributed by atoms with Crippen LogP contribution in [0.4, 0.5) is 0 Å². The summed E-state index contributed by atoms with van der Waals surface area (Å²) in [5.74, 6) is -0.0306. The van der Waals surface area contributed by atoms with Crippen LogP contribution in [0.1, 0.15) is 36.0 Å². The van der Waals surface area contributed by atoms with Crippen molar-refractivity contribution in [2.75, 3.05) is 13.2 Å². The molecule has 2 aliphatic heterocycles. The fourth-order valence-corrected chi connectivity index (χ4v) is 4.41. The zero-order valence-corrected chi connectivity index (χ0v) is 16.0. The number of hydrogen-bond donors (Lipinski definition) is 1. The molecule has 1 N–H and O–H groups in total. The number of fused-ring (bicyclic) bond motifs is 2. The van der Waals surface area contributed by atoms with Crippen LogP contribution in [0.15, 0.2) is 36.5 Å². The molecule has 2 saturated heterocycles. The Kier molecular flexibility index (Phi) is 4.54. The molecule has 0 bridgehead atoms. The second kappa shape index (κ2) is 7.22. The number of pyridine rings is 1. The van der Waals surface area contributed by atoms with Crippen molar-refractivity contribution in [3.8, 4) is 0 Å². The minimum absolute atomic E-state index is 0.0422. The Labute approximate surface area is 168 Å². The number of nitrogens with one attached hydrogen (secondary N) is 1. The van der Waals surface area contributed by atoms with Gasteiger partial charge in [-0.25, -0.2) is 0 Å². The van der Waals surface area contributed by atoms with Crippen LogP contribution in [0, 0.1) is 5.92 Å². The first-order valence-corrected chi connectivity index (χ1v) is 10.2. The van der Waals surface area contributed by atoms with Crippen LogP contribution in [0.2, 0.25) is 0 Å². The average Bonchev–Trinajstić information content (AvgIpc) is 3.33. The topological polar surface area (TPSA) is 88.6 Å². The van der Waals surface area contributed by atoms with E-state index in [0.29, 0.717) is 30.9 Å². The summed E-state index contributed by atoms with van der Waals surface area (Å²) in [6.07, 6.45) is 4.96. The lowest BCUT2D eigenvalue weighted by Crippen LogP contribution is -2.52. The van der Waals surface area contributed by atoms with Gasteiger partial charge in [-0.1, -0.05) is 18.9 Å². The maximum atomic E-state index is 13.3. The lowest BCUT2D eigenvalue weighted by molar-refractivity contribution is -0.138. The van der Waals surface area contributed by atoms with Gasteiger partial charge in [0, 0.05) is 23.7 Å². The predicted octanol–water partition coefficient (Wildman–Crippen LogP) is 1.70. The first kappa shape index (κ1) is 18.2. The highest BCUT2D eigenvalue weighted by atomic mass is 16.5. The molecule has 3 aliphatic rings. The lowest BCUT2D eigenvalue weighted by Gasteiger charge is -2.27. The van der Waals surface area contributed by atoms with Gasteiger partial charge in [0.05, 0.1) is 11.6 Å². The van der Waals surface area contributed by atoms with Gasteiger partial charge in [-0.15, -0.1) is 0 Å². The van der Waals surface area contributed by atoms with Crippen LogP contribution in [-0.4, -0.2) is 58.8 Å². The summed E-state index contributed by atoms with van der Waals surface area (Å²) in [4.78, 5) is 44.3. The van der Waals surface area contributed by atoms with Crippen molar-refractivity contribution >= 4 is 28.5 Å². The van der Waals surface area contributed by atoms with Gasteiger partial charge in [0.25, 0.3) is 5.91 Å². The van der Waals surface area contributed by atoms with Crippen molar-refractivity contribution in [1.29, 1.82) is 0 Å². The van der Waals surface area contributed by atoms with Crippen molar-refractivity contribution in [2.45, 2.75) is 43.9 Å². The number of likely N-dealkylation sites (tertiary alicyclic amines) is 1. The highest BCUT2D eigenvalue weighted by molar-refractivity contribution is 6.01. The minimum atomic E-state index is -0.619. The third-order valence-electron chi connectivity index (χ3n) is 6.13. The van der Waals surface area contributed by atoms with Crippen LogP contribution in [0.25, 0.3) is 10.9 Å². The molecule has 7 heteroatoms. The number of ketones is 1. The Morgan fingerprint density at radius 3 is 2.93 bits per heavy atom. The van der Waals surface area contributed by atoms with Gasteiger partial charge in [0.2, 0.25) is 5.91 Å². The average molecular weight is 393 g/mol. The van der Waals surface area contributed by atoms with Crippen molar-refractivity contribution in [3.05, 3.63) is 42.1 Å². The SMILES string of the molecule is O=C(NC(CC1CC1)C(=O)N1CCC2OCC(=O)C21)c1ccc2ncccc2c1. The lowest BCUT2D eigenvalue weighted by atomic mass is 10.1. The van der Waals surface area contributed by atoms with Gasteiger partial charge >= 0.3 is 0 Å². The quantitative estimate of drug-likeness (QED) is 0.835.